The molecule has 3 atom stereocenters. The summed E-state index contributed by atoms with van der Waals surface area (Å²) >= 11 is 10.8. The van der Waals surface area contributed by atoms with Crippen LogP contribution in [0, 0.1) is 11.7 Å². The van der Waals surface area contributed by atoms with Gasteiger partial charge in [-0.2, -0.15) is 4.98 Å². The average Bonchev–Trinajstić information content (AvgIpc) is 3.86. The van der Waals surface area contributed by atoms with Crippen molar-refractivity contribution in [1.29, 1.82) is 0 Å². The average molecular weight is 775 g/mol. The molecule has 3 aromatic carbocycles. The van der Waals surface area contributed by atoms with Gasteiger partial charge >= 0.3 is 0 Å². The summed E-state index contributed by atoms with van der Waals surface area (Å²) in [7, 11) is 1.62. The van der Waals surface area contributed by atoms with Crippen molar-refractivity contribution >= 4 is 39.2 Å². The number of Topliss-reactive ketones (excluding diaryl/α,β-unsaturated/α-hetero) is 1. The summed E-state index contributed by atoms with van der Waals surface area (Å²) in [6, 6.07) is 19.7. The fourth-order valence-corrected chi connectivity index (χ4v) is 8.58. The Hall–Kier alpha value is -3.79. The van der Waals surface area contributed by atoms with Gasteiger partial charge in [0.1, 0.15) is 17.7 Å². The topological polar surface area (TPSA) is 89.6 Å². The van der Waals surface area contributed by atoms with Crippen LogP contribution in [0.1, 0.15) is 79.7 Å². The first-order chi connectivity index (χ1) is 24.8. The van der Waals surface area contributed by atoms with Gasteiger partial charge in [0.2, 0.25) is 17.7 Å². The fourth-order valence-electron chi connectivity index (χ4n) is 7.79. The molecule has 0 radical (unpaired) electrons. The van der Waals surface area contributed by atoms with Crippen LogP contribution in [0.25, 0.3) is 22.3 Å². The summed E-state index contributed by atoms with van der Waals surface area (Å²) < 4.78 is 28.3. The van der Waals surface area contributed by atoms with Crippen LogP contribution in [-0.2, 0) is 29.0 Å². The van der Waals surface area contributed by atoms with E-state index in [0.29, 0.717) is 66.4 Å². The number of ether oxygens (including phenoxy) is 2. The number of aromatic nitrogens is 1. The van der Waals surface area contributed by atoms with E-state index in [9.17, 15) is 9.59 Å². The number of benzene rings is 3. The third kappa shape index (κ3) is 8.01. The SMILES string of the molecule is COc1nc(O[C@H]2CCc3c(-c4cccc(-c5ccc(CNC[C@@H]6CCC(=O)C6)c(F)c5)c4Cl)cccc32)c(Br)cc1CCC[C@@H]1CCC(=O)N1. The molecule has 0 spiro atoms. The van der Waals surface area contributed by atoms with Crippen LogP contribution in [0.3, 0.4) is 0 Å². The number of rotatable bonds is 13. The molecule has 2 aliphatic carbocycles. The molecule has 1 amide bonds. The first-order valence-corrected chi connectivity index (χ1v) is 19.1. The molecule has 2 fully saturated rings. The third-order valence-corrected chi connectivity index (χ3v) is 11.5. The van der Waals surface area contributed by atoms with Crippen molar-refractivity contribution in [1.82, 2.24) is 15.6 Å². The molecular formula is C41H42BrClFN3O4. The highest BCUT2D eigenvalue weighted by Gasteiger charge is 2.29. The molecule has 51 heavy (non-hydrogen) atoms. The lowest BCUT2D eigenvalue weighted by Crippen LogP contribution is -2.25. The van der Waals surface area contributed by atoms with E-state index in [1.807, 2.05) is 42.5 Å². The quantitative estimate of drug-likeness (QED) is 0.141. The predicted octanol–water partition coefficient (Wildman–Crippen LogP) is 9.11. The lowest BCUT2D eigenvalue weighted by molar-refractivity contribution is -0.119. The van der Waals surface area contributed by atoms with E-state index in [0.717, 1.165) is 82.8 Å². The number of nitrogens with zero attached hydrogens (tertiary/aromatic N) is 1. The second-order valence-corrected chi connectivity index (χ2v) is 15.1. The fraction of sp³-hybridized carbons (Fsp3) is 0.390. The van der Waals surface area contributed by atoms with Gasteiger partial charge in [-0.3, -0.25) is 9.59 Å². The van der Waals surface area contributed by atoms with E-state index in [1.165, 1.54) is 5.56 Å². The summed E-state index contributed by atoms with van der Waals surface area (Å²) in [5.74, 6) is 1.54. The Morgan fingerprint density at radius 2 is 1.78 bits per heavy atom. The van der Waals surface area contributed by atoms with E-state index in [4.69, 9.17) is 26.1 Å². The molecular weight excluding hydrogens is 733 g/mol. The maximum absolute atomic E-state index is 15.3. The largest absolute Gasteiger partial charge is 0.481 e. The monoisotopic (exact) mass is 773 g/mol. The van der Waals surface area contributed by atoms with E-state index in [1.54, 1.807) is 13.2 Å². The Morgan fingerprint density at radius 3 is 2.55 bits per heavy atom. The third-order valence-electron chi connectivity index (χ3n) is 10.5. The number of methoxy groups -OCH3 is 1. The number of ketones is 1. The first-order valence-electron chi connectivity index (χ1n) is 17.9. The molecule has 10 heteroatoms. The summed E-state index contributed by atoms with van der Waals surface area (Å²) in [5, 5.41) is 6.94. The van der Waals surface area contributed by atoms with Crippen LogP contribution in [0.5, 0.6) is 11.8 Å². The molecule has 7 rings (SSSR count). The highest BCUT2D eigenvalue weighted by Crippen LogP contribution is 2.45. The lowest BCUT2D eigenvalue weighted by Gasteiger charge is -2.18. The highest BCUT2D eigenvalue weighted by molar-refractivity contribution is 9.10. The van der Waals surface area contributed by atoms with Crippen molar-refractivity contribution in [2.75, 3.05) is 13.7 Å². The number of hydrogen-bond donors (Lipinski definition) is 2. The van der Waals surface area contributed by atoms with Crippen LogP contribution in [0.2, 0.25) is 5.02 Å². The number of pyridine rings is 1. The van der Waals surface area contributed by atoms with Crippen molar-refractivity contribution in [2.24, 2.45) is 5.92 Å². The van der Waals surface area contributed by atoms with Crippen molar-refractivity contribution in [2.45, 2.75) is 82.9 Å². The Morgan fingerprint density at radius 1 is 0.961 bits per heavy atom. The normalized spacial score (nSPS) is 19.7. The van der Waals surface area contributed by atoms with E-state index < -0.39 is 0 Å². The van der Waals surface area contributed by atoms with Crippen molar-refractivity contribution in [3.8, 4) is 34.0 Å². The minimum atomic E-state index is -0.284. The molecule has 1 saturated heterocycles. The number of fused-ring (bicyclic) bond motifs is 1. The van der Waals surface area contributed by atoms with Crippen LogP contribution < -0.4 is 20.1 Å². The van der Waals surface area contributed by atoms with E-state index in [-0.39, 0.29) is 23.9 Å². The number of carbonyl (C=O) groups excluding carboxylic acids is 2. The van der Waals surface area contributed by atoms with Gasteiger partial charge in [-0.25, -0.2) is 4.39 Å². The molecule has 1 saturated carbocycles. The summed E-state index contributed by atoms with van der Waals surface area (Å²) in [6.07, 6.45) is 7.71. The van der Waals surface area contributed by atoms with Gasteiger partial charge in [-0.05, 0) is 108 Å². The maximum atomic E-state index is 15.3. The van der Waals surface area contributed by atoms with Gasteiger partial charge in [-0.1, -0.05) is 60.1 Å². The summed E-state index contributed by atoms with van der Waals surface area (Å²) in [5.41, 5.74) is 7.28. The van der Waals surface area contributed by atoms with E-state index >= 15 is 4.39 Å². The second-order valence-electron chi connectivity index (χ2n) is 13.9. The molecule has 2 heterocycles. The number of hydrogen-bond acceptors (Lipinski definition) is 6. The maximum Gasteiger partial charge on any atom is 0.231 e. The standard InChI is InChI=1S/C41H42BrClFN3O4/c1-50-40-26(5-2-6-28-14-18-38(49)46-28)20-35(42)41(47-40)51-37-17-16-32-31(8-4-9-33(32)37)34-10-3-7-30(39(34)43)25-12-13-27(36(44)21-25)23-45-22-24-11-15-29(48)19-24/h3-4,7-10,12-13,20-21,24,28,37,45H,2,5-6,11,14-19,22-23H2,1H3,(H,46,49)/t24-,28-,37+/m1/s1. The Labute approximate surface area is 311 Å². The molecule has 0 bridgehead atoms. The van der Waals surface area contributed by atoms with Gasteiger partial charge in [0.25, 0.3) is 0 Å². The van der Waals surface area contributed by atoms with Crippen LogP contribution >= 0.6 is 27.5 Å². The van der Waals surface area contributed by atoms with E-state index in [2.05, 4.69) is 38.7 Å². The lowest BCUT2D eigenvalue weighted by atomic mass is 9.93. The molecule has 0 unspecified atom stereocenters. The number of halogens is 3. The molecule has 1 aliphatic heterocycles. The van der Waals surface area contributed by atoms with Crippen LogP contribution in [0.4, 0.5) is 4.39 Å². The van der Waals surface area contributed by atoms with Crippen molar-refractivity contribution in [3.63, 3.8) is 0 Å². The van der Waals surface area contributed by atoms with Gasteiger partial charge < -0.3 is 20.1 Å². The smallest absolute Gasteiger partial charge is 0.231 e. The predicted molar refractivity (Wildman–Crippen MR) is 201 cm³/mol. The number of amides is 1. The van der Waals surface area contributed by atoms with Gasteiger partial charge in [0.15, 0.2) is 0 Å². The Bertz CT molecular complexity index is 1950. The Kier molecular flexibility index (Phi) is 11.1. The molecule has 4 aromatic rings. The zero-order valence-corrected chi connectivity index (χ0v) is 31.0. The minimum absolute atomic E-state index is 0.138. The number of carbonyl (C=O) groups is 2. The van der Waals surface area contributed by atoms with Crippen LogP contribution in [-0.4, -0.2) is 36.4 Å². The van der Waals surface area contributed by atoms with Gasteiger partial charge in [0.05, 0.1) is 16.6 Å². The zero-order chi connectivity index (χ0) is 35.5. The molecule has 2 N–H and O–H groups in total. The molecule has 266 valence electrons. The van der Waals surface area contributed by atoms with Crippen molar-refractivity contribution in [3.05, 3.63) is 98.2 Å². The zero-order valence-electron chi connectivity index (χ0n) is 28.7. The highest BCUT2D eigenvalue weighted by atomic mass is 79.9. The van der Waals surface area contributed by atoms with Gasteiger partial charge in [0, 0.05) is 54.1 Å². The summed E-state index contributed by atoms with van der Waals surface area (Å²) in [6.45, 7) is 1.13. The number of nitrogens with one attached hydrogen (secondary N) is 2. The molecule has 3 aliphatic rings. The second kappa shape index (κ2) is 15.8. The molecule has 1 aromatic heterocycles. The van der Waals surface area contributed by atoms with Gasteiger partial charge in [-0.15, -0.1) is 0 Å². The Balaban J connectivity index is 1.05. The summed E-state index contributed by atoms with van der Waals surface area (Å²) in [4.78, 5) is 27.9. The van der Waals surface area contributed by atoms with Crippen molar-refractivity contribution < 1.29 is 23.5 Å². The molecule has 7 nitrogen and oxygen atoms in total. The first kappa shape index (κ1) is 35.6. The number of aryl methyl sites for hydroxylation is 1. The minimum Gasteiger partial charge on any atom is -0.481 e. The van der Waals surface area contributed by atoms with Crippen LogP contribution in [0.15, 0.2) is 65.1 Å².